The summed E-state index contributed by atoms with van der Waals surface area (Å²) in [4.78, 5) is 2.36. The Hall–Kier alpha value is -4.84. The van der Waals surface area contributed by atoms with E-state index in [4.69, 9.17) is 0 Å². The van der Waals surface area contributed by atoms with Crippen molar-refractivity contribution in [2.75, 3.05) is 4.90 Å². The van der Waals surface area contributed by atoms with E-state index in [0.717, 1.165) is 54.8 Å². The van der Waals surface area contributed by atoms with Gasteiger partial charge in [0.2, 0.25) is 0 Å². The van der Waals surface area contributed by atoms with E-state index in [1.807, 2.05) is 19.9 Å². The molecular formula is C45H49N. The zero-order chi connectivity index (χ0) is 32.6. The lowest BCUT2D eigenvalue weighted by atomic mass is 9.65. The van der Waals surface area contributed by atoms with E-state index < -0.39 is 0 Å². The topological polar surface area (TPSA) is 3.24 Å². The Morgan fingerprint density at radius 3 is 2.13 bits per heavy atom. The molecule has 234 valence electrons. The molecule has 3 aliphatic carbocycles. The molecule has 1 nitrogen and oxygen atoms in total. The lowest BCUT2D eigenvalue weighted by molar-refractivity contribution is 0.523. The standard InChI is InChI=1S/C43H43N.C2H6/c1-4-35(5-2)23-22-26-38(6-3)44(39-24-16-15-17-25-39)40-30-29-36-33-37(34-40)43(42-28-19-18-27-41(36)42)31-20-13-11-9-7-8-10-12-14-21-32-43;1-2/h4-6,9-22,24-30,34H,1,7-8,23,31-32H2,2-3H3;1-2H3/b11-9-,12-10-,20-13-,21-14-,26-22-,35-5+,38-6+;. The van der Waals surface area contributed by atoms with Crippen molar-refractivity contribution in [3.05, 3.63) is 198 Å². The zero-order valence-electron chi connectivity index (χ0n) is 28.1. The van der Waals surface area contributed by atoms with Crippen LogP contribution in [0.3, 0.4) is 0 Å². The van der Waals surface area contributed by atoms with E-state index >= 15 is 0 Å². The van der Waals surface area contributed by atoms with Gasteiger partial charge in [-0.15, -0.1) is 5.73 Å². The molecule has 2 aromatic carbocycles. The van der Waals surface area contributed by atoms with E-state index in [1.54, 1.807) is 0 Å². The van der Waals surface area contributed by atoms with Crippen LogP contribution >= 0.6 is 0 Å². The average molecular weight is 604 g/mol. The van der Waals surface area contributed by atoms with Crippen molar-refractivity contribution in [1.29, 1.82) is 0 Å². The van der Waals surface area contributed by atoms with Crippen molar-refractivity contribution in [2.45, 2.75) is 65.2 Å². The number of fused-ring (bicyclic) bond motifs is 4. The molecule has 46 heavy (non-hydrogen) atoms. The molecule has 0 N–H and O–H groups in total. The molecule has 0 aliphatic heterocycles. The molecule has 0 aromatic heterocycles. The molecule has 0 saturated heterocycles. The fourth-order valence-corrected chi connectivity index (χ4v) is 6.14. The highest BCUT2D eigenvalue weighted by atomic mass is 15.1. The van der Waals surface area contributed by atoms with Gasteiger partial charge in [-0.3, -0.25) is 0 Å². The first-order valence-corrected chi connectivity index (χ1v) is 16.8. The first-order valence-electron chi connectivity index (χ1n) is 16.8. The lowest BCUT2D eigenvalue weighted by Crippen LogP contribution is -2.30. The van der Waals surface area contributed by atoms with E-state index in [2.05, 4.69) is 177 Å². The van der Waals surface area contributed by atoms with Crippen LogP contribution in [0, 0.1) is 0 Å². The maximum absolute atomic E-state index is 3.97. The van der Waals surface area contributed by atoms with E-state index in [0.29, 0.717) is 0 Å². The number of anilines is 1. The van der Waals surface area contributed by atoms with E-state index in [1.165, 1.54) is 22.3 Å². The molecule has 3 aliphatic rings. The molecule has 0 radical (unpaired) electrons. The molecular weight excluding hydrogens is 555 g/mol. The molecule has 0 heterocycles. The second-order valence-corrected chi connectivity index (χ2v) is 11.2. The molecule has 0 amide bonds. The summed E-state index contributed by atoms with van der Waals surface area (Å²) < 4.78 is 0. The van der Waals surface area contributed by atoms with Gasteiger partial charge in [0.05, 0.1) is 0 Å². The molecule has 0 saturated carbocycles. The normalized spacial score (nSPS) is 20.1. The van der Waals surface area contributed by atoms with Crippen molar-refractivity contribution in [3.8, 4) is 0 Å². The van der Waals surface area contributed by atoms with Gasteiger partial charge in [0.15, 0.2) is 0 Å². The van der Waals surface area contributed by atoms with Crippen LogP contribution in [0.1, 0.15) is 70.9 Å². The monoisotopic (exact) mass is 603 g/mol. The van der Waals surface area contributed by atoms with Gasteiger partial charge < -0.3 is 4.90 Å². The number of allylic oxidation sites excluding steroid dienone is 18. The molecule has 2 aromatic rings. The van der Waals surface area contributed by atoms with Crippen LogP contribution in [0.15, 0.2) is 187 Å². The third-order valence-corrected chi connectivity index (χ3v) is 8.53. The minimum Gasteiger partial charge on any atom is -0.311 e. The zero-order valence-corrected chi connectivity index (χ0v) is 28.1. The highest BCUT2D eigenvalue weighted by Gasteiger charge is 2.39. The molecule has 2 bridgehead atoms. The quantitative estimate of drug-likeness (QED) is 0.225. The van der Waals surface area contributed by atoms with E-state index in [9.17, 15) is 0 Å². The smallest absolute Gasteiger partial charge is 0.0471 e. The molecule has 0 fully saturated rings. The van der Waals surface area contributed by atoms with Crippen molar-refractivity contribution in [3.63, 3.8) is 0 Å². The largest absolute Gasteiger partial charge is 0.311 e. The summed E-state index contributed by atoms with van der Waals surface area (Å²) in [6.07, 6.45) is 40.3. The summed E-state index contributed by atoms with van der Waals surface area (Å²) in [6, 6.07) is 19.6. The maximum Gasteiger partial charge on any atom is 0.0471 e. The third-order valence-electron chi connectivity index (χ3n) is 8.53. The Morgan fingerprint density at radius 1 is 0.826 bits per heavy atom. The molecule has 1 spiro atoms. The van der Waals surface area contributed by atoms with Gasteiger partial charge in [-0.2, -0.15) is 0 Å². The SMILES string of the molecule is C=C/C(=C\C)C/C=C\C(=C/C)N(C1=CC2=C=C(C=C1)c1ccccc1C21C/C=C\C=C/CC/C=C\C=C/C1)c1ccccc1.CC. The Bertz CT molecular complexity index is 1660. The van der Waals surface area contributed by atoms with Crippen molar-refractivity contribution < 1.29 is 0 Å². The Balaban J connectivity index is 0.00000235. The number of hydrogen-bond acceptors (Lipinski definition) is 1. The minimum atomic E-state index is -0.251. The van der Waals surface area contributed by atoms with Crippen molar-refractivity contribution in [2.24, 2.45) is 0 Å². The van der Waals surface area contributed by atoms with Crippen molar-refractivity contribution in [1.82, 2.24) is 0 Å². The van der Waals surface area contributed by atoms with Gasteiger partial charge >= 0.3 is 0 Å². The summed E-state index contributed by atoms with van der Waals surface area (Å²) in [5.41, 5.74) is 13.2. The van der Waals surface area contributed by atoms with Gasteiger partial charge in [0, 0.05) is 33.6 Å². The number of para-hydroxylation sites is 1. The molecule has 0 unspecified atom stereocenters. The Morgan fingerprint density at radius 2 is 1.48 bits per heavy atom. The summed E-state index contributed by atoms with van der Waals surface area (Å²) in [5, 5.41) is 0. The summed E-state index contributed by atoms with van der Waals surface area (Å²) in [7, 11) is 0. The van der Waals surface area contributed by atoms with Crippen LogP contribution in [0.25, 0.3) is 5.57 Å². The predicted octanol–water partition coefficient (Wildman–Crippen LogP) is 12.6. The fourth-order valence-electron chi connectivity index (χ4n) is 6.14. The fraction of sp³-hybridized carbons (Fsp3) is 0.222. The highest BCUT2D eigenvalue weighted by Crippen LogP contribution is 2.48. The number of hydrogen-bond donors (Lipinski definition) is 0. The van der Waals surface area contributed by atoms with Crippen LogP contribution in [-0.4, -0.2) is 0 Å². The van der Waals surface area contributed by atoms with Gasteiger partial charge in [0.25, 0.3) is 0 Å². The van der Waals surface area contributed by atoms with Crippen molar-refractivity contribution >= 4 is 11.3 Å². The summed E-state index contributed by atoms with van der Waals surface area (Å²) in [5.74, 6) is 0. The predicted molar refractivity (Wildman–Crippen MR) is 203 cm³/mol. The summed E-state index contributed by atoms with van der Waals surface area (Å²) in [6.45, 7) is 12.1. The first-order chi connectivity index (χ1) is 22.7. The van der Waals surface area contributed by atoms with Gasteiger partial charge in [-0.1, -0.05) is 136 Å². The minimum absolute atomic E-state index is 0.251. The number of nitrogens with zero attached hydrogens (tertiary/aromatic N) is 1. The van der Waals surface area contributed by atoms with Gasteiger partial charge in [-0.25, -0.2) is 0 Å². The van der Waals surface area contributed by atoms with Crippen LogP contribution in [0.5, 0.6) is 0 Å². The van der Waals surface area contributed by atoms with Crippen LogP contribution in [0.4, 0.5) is 5.69 Å². The molecule has 5 rings (SSSR count). The third kappa shape index (κ3) is 8.05. The van der Waals surface area contributed by atoms with Crippen LogP contribution in [0.2, 0.25) is 0 Å². The second kappa shape index (κ2) is 17.6. The molecule has 1 heteroatoms. The van der Waals surface area contributed by atoms with E-state index in [-0.39, 0.29) is 5.41 Å². The average Bonchev–Trinajstić information content (AvgIpc) is 3.30. The maximum atomic E-state index is 3.97. The van der Waals surface area contributed by atoms with Gasteiger partial charge in [-0.05, 0) is 99.1 Å². The second-order valence-electron chi connectivity index (χ2n) is 11.2. The molecule has 0 atom stereocenters. The first kappa shape index (κ1) is 34.0. The van der Waals surface area contributed by atoms with Crippen LogP contribution in [-0.2, 0) is 5.41 Å². The van der Waals surface area contributed by atoms with Crippen LogP contribution < -0.4 is 4.90 Å². The number of benzene rings is 2. The lowest BCUT2D eigenvalue weighted by Gasteiger charge is -2.37. The highest BCUT2D eigenvalue weighted by molar-refractivity contribution is 5.83. The summed E-state index contributed by atoms with van der Waals surface area (Å²) >= 11 is 0. The Labute approximate surface area is 278 Å². The Kier molecular flexibility index (Phi) is 13.0. The number of rotatable bonds is 7. The van der Waals surface area contributed by atoms with Gasteiger partial charge in [0.1, 0.15) is 0 Å².